The third-order valence-electron chi connectivity index (χ3n) is 4.34. The van der Waals surface area contributed by atoms with Crippen molar-refractivity contribution in [1.82, 2.24) is 4.90 Å². The quantitative estimate of drug-likeness (QED) is 0.767. The Balaban J connectivity index is 1.44. The highest BCUT2D eigenvalue weighted by Gasteiger charge is 2.20. The van der Waals surface area contributed by atoms with Gasteiger partial charge in [0.05, 0.1) is 5.02 Å². The van der Waals surface area contributed by atoms with Crippen molar-refractivity contribution in [1.29, 1.82) is 0 Å². The molecule has 3 rings (SSSR count). The average Bonchev–Trinajstić information content (AvgIpc) is 2.61. The lowest BCUT2D eigenvalue weighted by Crippen LogP contribution is -2.49. The lowest BCUT2D eigenvalue weighted by molar-refractivity contribution is 0.0663. The van der Waals surface area contributed by atoms with Gasteiger partial charge in [0, 0.05) is 48.5 Å². The van der Waals surface area contributed by atoms with Crippen molar-refractivity contribution in [3.63, 3.8) is 0 Å². The third-order valence-corrected chi connectivity index (χ3v) is 5.11. The predicted molar refractivity (Wildman–Crippen MR) is 108 cm³/mol. The van der Waals surface area contributed by atoms with E-state index in [4.69, 9.17) is 39.5 Å². The van der Waals surface area contributed by atoms with Gasteiger partial charge >= 0.3 is 0 Å². The second-order valence-electron chi connectivity index (χ2n) is 6.31. The van der Waals surface area contributed by atoms with Crippen LogP contribution in [0.3, 0.4) is 0 Å². The first kappa shape index (κ1) is 19.6. The molecule has 0 aromatic heterocycles. The number of anilines is 1. The van der Waals surface area contributed by atoms with E-state index in [9.17, 15) is 5.11 Å². The molecule has 26 heavy (non-hydrogen) atoms. The zero-order valence-corrected chi connectivity index (χ0v) is 16.5. The Labute approximate surface area is 168 Å². The normalized spacial score (nSPS) is 16.5. The summed E-state index contributed by atoms with van der Waals surface area (Å²) >= 11 is 18.0. The van der Waals surface area contributed by atoms with E-state index in [0.717, 1.165) is 36.9 Å². The first-order chi connectivity index (χ1) is 12.5. The summed E-state index contributed by atoms with van der Waals surface area (Å²) < 4.78 is 5.61. The Morgan fingerprint density at radius 1 is 0.962 bits per heavy atom. The van der Waals surface area contributed by atoms with E-state index in [0.29, 0.717) is 22.3 Å². The number of aliphatic hydroxyl groups is 1. The number of nitrogens with zero attached hydrogens (tertiary/aromatic N) is 2. The maximum atomic E-state index is 10.3. The van der Waals surface area contributed by atoms with Gasteiger partial charge in [0.2, 0.25) is 0 Å². The van der Waals surface area contributed by atoms with Gasteiger partial charge in [-0.15, -0.1) is 0 Å². The fraction of sp³-hybridized carbons (Fsp3) is 0.368. The highest BCUT2D eigenvalue weighted by Crippen LogP contribution is 2.27. The Bertz CT molecular complexity index is 736. The Kier molecular flexibility index (Phi) is 6.90. The number of benzene rings is 2. The highest BCUT2D eigenvalue weighted by atomic mass is 35.5. The summed E-state index contributed by atoms with van der Waals surface area (Å²) in [5.41, 5.74) is 1.14. The monoisotopic (exact) mass is 414 g/mol. The van der Waals surface area contributed by atoms with E-state index in [1.165, 1.54) is 0 Å². The Morgan fingerprint density at radius 2 is 1.69 bits per heavy atom. The molecule has 1 aliphatic heterocycles. The molecule has 1 heterocycles. The highest BCUT2D eigenvalue weighted by molar-refractivity contribution is 6.35. The van der Waals surface area contributed by atoms with Crippen LogP contribution in [-0.2, 0) is 0 Å². The summed E-state index contributed by atoms with van der Waals surface area (Å²) in [5, 5.41) is 12.0. The second kappa shape index (κ2) is 9.16. The van der Waals surface area contributed by atoms with Crippen molar-refractivity contribution in [3.8, 4) is 5.75 Å². The first-order valence-electron chi connectivity index (χ1n) is 8.50. The van der Waals surface area contributed by atoms with Gasteiger partial charge in [0.1, 0.15) is 18.5 Å². The molecule has 2 aromatic carbocycles. The minimum atomic E-state index is -0.584. The van der Waals surface area contributed by atoms with Gasteiger partial charge in [-0.05, 0) is 36.4 Å². The largest absolute Gasteiger partial charge is 0.489 e. The number of piperazine rings is 1. The number of ether oxygens (including phenoxy) is 1. The van der Waals surface area contributed by atoms with Crippen LogP contribution in [0.1, 0.15) is 0 Å². The van der Waals surface area contributed by atoms with Crippen LogP contribution in [0.2, 0.25) is 15.1 Å². The molecule has 1 fully saturated rings. The molecular formula is C19H21Cl3N2O2. The molecule has 0 radical (unpaired) electrons. The number of hydrogen-bond acceptors (Lipinski definition) is 4. The minimum absolute atomic E-state index is 0.190. The van der Waals surface area contributed by atoms with Crippen LogP contribution in [-0.4, -0.2) is 55.4 Å². The van der Waals surface area contributed by atoms with Gasteiger partial charge in [-0.2, -0.15) is 0 Å². The predicted octanol–water partition coefficient (Wildman–Crippen LogP) is 4.21. The summed E-state index contributed by atoms with van der Waals surface area (Å²) in [6, 6.07) is 12.9. The number of aliphatic hydroxyl groups excluding tert-OH is 1. The number of β-amino-alcohol motifs (C(OH)–C–C–N with tert-alkyl or cyclic N) is 1. The van der Waals surface area contributed by atoms with Crippen LogP contribution in [0.15, 0.2) is 42.5 Å². The van der Waals surface area contributed by atoms with E-state index < -0.39 is 6.10 Å². The lowest BCUT2D eigenvalue weighted by Gasteiger charge is -2.36. The molecule has 4 nitrogen and oxygen atoms in total. The van der Waals surface area contributed by atoms with E-state index in [1.54, 1.807) is 18.2 Å². The summed E-state index contributed by atoms with van der Waals surface area (Å²) in [7, 11) is 0. The van der Waals surface area contributed by atoms with Gasteiger partial charge in [0.25, 0.3) is 0 Å². The van der Waals surface area contributed by atoms with Crippen LogP contribution in [0.5, 0.6) is 5.75 Å². The van der Waals surface area contributed by atoms with Crippen LogP contribution < -0.4 is 9.64 Å². The molecule has 0 bridgehead atoms. The fourth-order valence-corrected chi connectivity index (χ4v) is 3.64. The maximum absolute atomic E-state index is 10.3. The second-order valence-corrected chi connectivity index (χ2v) is 7.59. The standard InChI is InChI=1S/C19H21Cl3N2O2/c20-14-2-1-3-16(10-14)24-8-6-23(7-9-24)12-17(25)13-26-19-5-4-15(21)11-18(19)22/h1-5,10-11,17,25H,6-9,12-13H2. The van der Waals surface area contributed by atoms with Crippen LogP contribution in [0.4, 0.5) is 5.69 Å². The van der Waals surface area contributed by atoms with Crippen molar-refractivity contribution < 1.29 is 9.84 Å². The maximum Gasteiger partial charge on any atom is 0.138 e. The molecule has 0 aliphatic carbocycles. The summed E-state index contributed by atoms with van der Waals surface area (Å²) in [6.07, 6.45) is -0.584. The van der Waals surface area contributed by atoms with E-state index >= 15 is 0 Å². The van der Waals surface area contributed by atoms with Gasteiger partial charge in [-0.1, -0.05) is 40.9 Å². The third kappa shape index (κ3) is 5.41. The zero-order valence-electron chi connectivity index (χ0n) is 14.2. The van der Waals surface area contributed by atoms with Crippen molar-refractivity contribution >= 4 is 40.5 Å². The van der Waals surface area contributed by atoms with Gasteiger partial charge in [0.15, 0.2) is 0 Å². The van der Waals surface area contributed by atoms with Crippen molar-refractivity contribution in [2.75, 3.05) is 44.2 Å². The summed E-state index contributed by atoms with van der Waals surface area (Å²) in [4.78, 5) is 4.54. The van der Waals surface area contributed by atoms with Crippen molar-refractivity contribution in [3.05, 3.63) is 57.5 Å². The number of halogens is 3. The Morgan fingerprint density at radius 3 is 2.38 bits per heavy atom. The fourth-order valence-electron chi connectivity index (χ4n) is 2.99. The molecule has 0 amide bonds. The molecule has 1 atom stereocenters. The van der Waals surface area contributed by atoms with Crippen LogP contribution in [0.25, 0.3) is 0 Å². The lowest BCUT2D eigenvalue weighted by atomic mass is 10.2. The topological polar surface area (TPSA) is 35.9 Å². The van der Waals surface area contributed by atoms with E-state index in [1.807, 2.05) is 18.2 Å². The zero-order chi connectivity index (χ0) is 18.5. The molecule has 1 unspecified atom stereocenters. The number of hydrogen-bond donors (Lipinski definition) is 1. The average molecular weight is 416 g/mol. The van der Waals surface area contributed by atoms with Gasteiger partial charge in [-0.25, -0.2) is 0 Å². The molecular weight excluding hydrogens is 395 g/mol. The minimum Gasteiger partial charge on any atom is -0.489 e. The summed E-state index contributed by atoms with van der Waals surface area (Å²) in [6.45, 7) is 4.31. The number of rotatable bonds is 6. The smallest absolute Gasteiger partial charge is 0.138 e. The van der Waals surface area contributed by atoms with Crippen LogP contribution >= 0.6 is 34.8 Å². The molecule has 2 aromatic rings. The van der Waals surface area contributed by atoms with Gasteiger partial charge < -0.3 is 14.7 Å². The van der Waals surface area contributed by atoms with Gasteiger partial charge in [-0.3, -0.25) is 4.90 Å². The molecule has 0 spiro atoms. The molecule has 1 N–H and O–H groups in total. The van der Waals surface area contributed by atoms with E-state index in [2.05, 4.69) is 15.9 Å². The molecule has 0 saturated carbocycles. The molecule has 140 valence electrons. The molecule has 1 saturated heterocycles. The molecule has 7 heteroatoms. The van der Waals surface area contributed by atoms with E-state index in [-0.39, 0.29) is 6.61 Å². The molecule has 1 aliphatic rings. The van der Waals surface area contributed by atoms with Crippen LogP contribution in [0, 0.1) is 0 Å². The van der Waals surface area contributed by atoms with Crippen molar-refractivity contribution in [2.24, 2.45) is 0 Å². The SMILES string of the molecule is OC(COc1ccc(Cl)cc1Cl)CN1CCN(c2cccc(Cl)c2)CC1. The van der Waals surface area contributed by atoms with Crippen molar-refractivity contribution in [2.45, 2.75) is 6.10 Å². The first-order valence-corrected chi connectivity index (χ1v) is 9.63. The Hall–Kier alpha value is -1.17. The summed E-state index contributed by atoms with van der Waals surface area (Å²) in [5.74, 6) is 0.529.